The van der Waals surface area contributed by atoms with Gasteiger partial charge < -0.3 is 14.4 Å². The van der Waals surface area contributed by atoms with E-state index in [2.05, 4.69) is 4.98 Å². The minimum atomic E-state index is -0.707. The highest BCUT2D eigenvalue weighted by molar-refractivity contribution is 6.29. The summed E-state index contributed by atoms with van der Waals surface area (Å²) in [6.07, 6.45) is 6.82. The van der Waals surface area contributed by atoms with Gasteiger partial charge in [-0.1, -0.05) is 24.4 Å². The number of hydrogen-bond acceptors (Lipinski definition) is 4. The quantitative estimate of drug-likeness (QED) is 0.852. The Labute approximate surface area is 146 Å². The fourth-order valence-electron chi connectivity index (χ4n) is 3.21. The van der Waals surface area contributed by atoms with Gasteiger partial charge in [0.2, 0.25) is 0 Å². The lowest BCUT2D eigenvalue weighted by atomic mass is 10.0. The standard InChI is InChI=1S/C18H21ClN2O3/c19-17-8-7-13(12-20-17)18(23)21-9-3-1-2-5-14(21)11-15(22)16-6-4-10-24-16/h4,6-8,10,12,14-15,22H,1-3,5,9,11H2. The number of carbonyl (C=O) groups is 1. The van der Waals surface area contributed by atoms with E-state index in [4.69, 9.17) is 16.0 Å². The van der Waals surface area contributed by atoms with Crippen molar-refractivity contribution in [2.24, 2.45) is 0 Å². The zero-order valence-corrected chi connectivity index (χ0v) is 14.2. The van der Waals surface area contributed by atoms with Crippen molar-refractivity contribution in [2.45, 2.75) is 44.2 Å². The smallest absolute Gasteiger partial charge is 0.255 e. The average Bonchev–Trinajstić information content (AvgIpc) is 3.03. The molecule has 24 heavy (non-hydrogen) atoms. The van der Waals surface area contributed by atoms with Gasteiger partial charge in [0.25, 0.3) is 5.91 Å². The van der Waals surface area contributed by atoms with Crippen molar-refractivity contribution < 1.29 is 14.3 Å². The van der Waals surface area contributed by atoms with Gasteiger partial charge in [0, 0.05) is 25.2 Å². The number of furan rings is 1. The molecule has 1 amide bonds. The van der Waals surface area contributed by atoms with Crippen LogP contribution >= 0.6 is 11.6 Å². The normalized spacial score (nSPS) is 19.8. The lowest BCUT2D eigenvalue weighted by Gasteiger charge is -2.31. The highest BCUT2D eigenvalue weighted by Crippen LogP contribution is 2.27. The zero-order chi connectivity index (χ0) is 16.9. The van der Waals surface area contributed by atoms with Crippen molar-refractivity contribution in [1.82, 2.24) is 9.88 Å². The Bertz CT molecular complexity index is 657. The maximum Gasteiger partial charge on any atom is 0.255 e. The van der Waals surface area contributed by atoms with Gasteiger partial charge in [-0.2, -0.15) is 0 Å². The Morgan fingerprint density at radius 1 is 1.38 bits per heavy atom. The fourth-order valence-corrected chi connectivity index (χ4v) is 3.32. The number of carbonyl (C=O) groups excluding carboxylic acids is 1. The van der Waals surface area contributed by atoms with Crippen LogP contribution in [-0.2, 0) is 0 Å². The molecular formula is C18H21ClN2O3. The summed E-state index contributed by atoms with van der Waals surface area (Å²) in [6, 6.07) is 6.82. The minimum absolute atomic E-state index is 0.0178. The summed E-state index contributed by atoms with van der Waals surface area (Å²) in [6.45, 7) is 0.691. The molecule has 6 heteroatoms. The number of aliphatic hydroxyl groups is 1. The van der Waals surface area contributed by atoms with Crippen LogP contribution in [0, 0.1) is 0 Å². The molecule has 0 radical (unpaired) electrons. The van der Waals surface area contributed by atoms with Crippen LogP contribution in [0.15, 0.2) is 41.1 Å². The SMILES string of the molecule is O=C(c1ccc(Cl)nc1)N1CCCCCC1CC(O)c1ccco1. The van der Waals surface area contributed by atoms with Gasteiger partial charge in [-0.3, -0.25) is 4.79 Å². The van der Waals surface area contributed by atoms with Crippen molar-refractivity contribution in [3.63, 3.8) is 0 Å². The van der Waals surface area contributed by atoms with E-state index < -0.39 is 6.10 Å². The number of rotatable bonds is 4. The topological polar surface area (TPSA) is 66.6 Å². The van der Waals surface area contributed by atoms with Crippen LogP contribution in [0.2, 0.25) is 5.15 Å². The predicted octanol–water partition coefficient (Wildman–Crippen LogP) is 3.84. The van der Waals surface area contributed by atoms with Gasteiger partial charge >= 0.3 is 0 Å². The second-order valence-corrected chi connectivity index (χ2v) is 6.53. The molecule has 2 atom stereocenters. The lowest BCUT2D eigenvalue weighted by Crippen LogP contribution is -2.41. The zero-order valence-electron chi connectivity index (χ0n) is 13.4. The summed E-state index contributed by atoms with van der Waals surface area (Å²) in [4.78, 5) is 18.7. The fraction of sp³-hybridized carbons (Fsp3) is 0.444. The molecule has 1 fully saturated rings. The monoisotopic (exact) mass is 348 g/mol. The molecule has 2 unspecified atom stereocenters. The van der Waals surface area contributed by atoms with Gasteiger partial charge in [0.05, 0.1) is 11.8 Å². The van der Waals surface area contributed by atoms with E-state index in [0.717, 1.165) is 25.7 Å². The van der Waals surface area contributed by atoms with Crippen LogP contribution in [0.5, 0.6) is 0 Å². The van der Waals surface area contributed by atoms with Crippen LogP contribution in [-0.4, -0.2) is 33.5 Å². The van der Waals surface area contributed by atoms with E-state index in [0.29, 0.717) is 29.4 Å². The molecule has 3 rings (SSSR count). The molecule has 3 heterocycles. The maximum atomic E-state index is 12.9. The Hall–Kier alpha value is -1.85. The van der Waals surface area contributed by atoms with E-state index in [9.17, 15) is 9.90 Å². The van der Waals surface area contributed by atoms with E-state index in [-0.39, 0.29) is 11.9 Å². The molecule has 0 aliphatic carbocycles. The number of aliphatic hydroxyl groups excluding tert-OH is 1. The largest absolute Gasteiger partial charge is 0.467 e. The highest BCUT2D eigenvalue weighted by atomic mass is 35.5. The van der Waals surface area contributed by atoms with E-state index >= 15 is 0 Å². The molecule has 0 spiro atoms. The molecule has 1 aliphatic heterocycles. The molecule has 1 aliphatic rings. The molecule has 1 saturated heterocycles. The Morgan fingerprint density at radius 3 is 2.96 bits per heavy atom. The summed E-state index contributed by atoms with van der Waals surface area (Å²) in [5.41, 5.74) is 0.527. The van der Waals surface area contributed by atoms with Crippen molar-refractivity contribution >= 4 is 17.5 Å². The van der Waals surface area contributed by atoms with Gasteiger partial charge in [0.15, 0.2) is 0 Å². The molecule has 0 aromatic carbocycles. The first kappa shape index (κ1) is 17.0. The first-order valence-electron chi connectivity index (χ1n) is 8.29. The lowest BCUT2D eigenvalue weighted by molar-refractivity contribution is 0.0557. The summed E-state index contributed by atoms with van der Waals surface area (Å²) >= 11 is 5.80. The number of aromatic nitrogens is 1. The van der Waals surface area contributed by atoms with Crippen LogP contribution < -0.4 is 0 Å². The second-order valence-electron chi connectivity index (χ2n) is 6.14. The third-order valence-corrected chi connectivity index (χ3v) is 4.70. The predicted molar refractivity (Wildman–Crippen MR) is 90.8 cm³/mol. The number of amides is 1. The minimum Gasteiger partial charge on any atom is -0.467 e. The van der Waals surface area contributed by atoms with Gasteiger partial charge in [-0.05, 0) is 37.1 Å². The second kappa shape index (κ2) is 7.81. The third kappa shape index (κ3) is 3.97. The summed E-state index contributed by atoms with van der Waals surface area (Å²) in [7, 11) is 0. The van der Waals surface area contributed by atoms with E-state index in [1.165, 1.54) is 6.20 Å². The molecule has 0 saturated carbocycles. The van der Waals surface area contributed by atoms with Crippen molar-refractivity contribution in [2.75, 3.05) is 6.54 Å². The molecule has 2 aromatic rings. The Morgan fingerprint density at radius 2 is 2.25 bits per heavy atom. The van der Waals surface area contributed by atoms with Gasteiger partial charge in [0.1, 0.15) is 17.0 Å². The summed E-state index contributed by atoms with van der Waals surface area (Å²) in [5, 5.41) is 10.8. The van der Waals surface area contributed by atoms with Crippen LogP contribution in [0.4, 0.5) is 0 Å². The first-order chi connectivity index (χ1) is 11.6. The summed E-state index contributed by atoms with van der Waals surface area (Å²) in [5.74, 6) is 0.484. The van der Waals surface area contributed by atoms with Crippen molar-refractivity contribution in [3.05, 3.63) is 53.2 Å². The first-order valence-corrected chi connectivity index (χ1v) is 8.67. The molecule has 0 bridgehead atoms. The number of likely N-dealkylation sites (tertiary alicyclic amines) is 1. The number of nitrogens with zero attached hydrogens (tertiary/aromatic N) is 2. The maximum absolute atomic E-state index is 12.9. The number of hydrogen-bond donors (Lipinski definition) is 1. The van der Waals surface area contributed by atoms with E-state index in [1.807, 2.05) is 4.90 Å². The molecule has 5 nitrogen and oxygen atoms in total. The van der Waals surface area contributed by atoms with Crippen LogP contribution in [0.3, 0.4) is 0 Å². The average molecular weight is 349 g/mol. The van der Waals surface area contributed by atoms with Crippen molar-refractivity contribution in [3.8, 4) is 0 Å². The molecule has 128 valence electrons. The third-order valence-electron chi connectivity index (χ3n) is 4.48. The molecule has 1 N–H and O–H groups in total. The number of halogens is 1. The Kier molecular flexibility index (Phi) is 5.53. The summed E-state index contributed by atoms with van der Waals surface area (Å²) < 4.78 is 5.28. The highest BCUT2D eigenvalue weighted by Gasteiger charge is 2.29. The van der Waals surface area contributed by atoms with Crippen molar-refractivity contribution in [1.29, 1.82) is 0 Å². The number of pyridine rings is 1. The Balaban J connectivity index is 1.76. The molecule has 2 aromatic heterocycles. The van der Waals surface area contributed by atoms with Crippen LogP contribution in [0.1, 0.15) is 54.3 Å². The van der Waals surface area contributed by atoms with Crippen LogP contribution in [0.25, 0.3) is 0 Å². The van der Waals surface area contributed by atoms with E-state index in [1.54, 1.807) is 30.5 Å². The molecular weight excluding hydrogens is 328 g/mol. The van der Waals surface area contributed by atoms with Gasteiger partial charge in [-0.15, -0.1) is 0 Å². The van der Waals surface area contributed by atoms with Gasteiger partial charge in [-0.25, -0.2) is 4.98 Å².